The predicted molar refractivity (Wildman–Crippen MR) is 114 cm³/mol. The summed E-state index contributed by atoms with van der Waals surface area (Å²) in [6.45, 7) is 3.35. The Labute approximate surface area is 179 Å². The van der Waals surface area contributed by atoms with Gasteiger partial charge in [0, 0.05) is 24.2 Å². The average molecular weight is 414 g/mol. The maximum Gasteiger partial charge on any atom is 0.280 e. The molecule has 0 bridgehead atoms. The number of carbonyl (C=O) groups excluding carboxylic acids is 1. The number of aromatic nitrogens is 5. The van der Waals surface area contributed by atoms with Crippen LogP contribution in [0.3, 0.4) is 0 Å². The van der Waals surface area contributed by atoms with Gasteiger partial charge in [0.25, 0.3) is 11.8 Å². The smallest absolute Gasteiger partial charge is 0.280 e. The highest BCUT2D eigenvalue weighted by atomic mass is 16.5. The second-order valence-electron chi connectivity index (χ2n) is 7.79. The van der Waals surface area contributed by atoms with Crippen LogP contribution in [0.1, 0.15) is 34.8 Å². The van der Waals surface area contributed by atoms with Crippen LogP contribution in [0.15, 0.2) is 65.3 Å². The summed E-state index contributed by atoms with van der Waals surface area (Å²) in [6, 6.07) is 17.4. The zero-order chi connectivity index (χ0) is 21.2. The summed E-state index contributed by atoms with van der Waals surface area (Å²) >= 11 is 0. The summed E-state index contributed by atoms with van der Waals surface area (Å²) in [7, 11) is 0. The SMILES string of the molecule is Cc1ccc(C(=O)N2CCCC(n3cc(-c4nc(-c5ccccc5)no4)nn3)C2)cc1. The Kier molecular flexibility index (Phi) is 5.03. The predicted octanol–water partition coefficient (Wildman–Crippen LogP) is 3.78. The first-order valence-electron chi connectivity index (χ1n) is 10.3. The quantitative estimate of drug-likeness (QED) is 0.505. The summed E-state index contributed by atoms with van der Waals surface area (Å²) in [5.41, 5.74) is 3.25. The van der Waals surface area contributed by atoms with Gasteiger partial charge in [-0.25, -0.2) is 4.68 Å². The standard InChI is InChI=1S/C23H22N6O2/c1-16-9-11-18(12-10-16)23(30)28-13-5-8-19(14-28)29-15-20(25-27-29)22-24-21(26-31-22)17-6-3-2-4-7-17/h2-4,6-7,9-12,15,19H,5,8,13-14H2,1H3. The molecule has 0 radical (unpaired) electrons. The molecule has 156 valence electrons. The van der Waals surface area contributed by atoms with E-state index in [9.17, 15) is 4.79 Å². The molecule has 0 saturated carbocycles. The van der Waals surface area contributed by atoms with Gasteiger partial charge in [-0.15, -0.1) is 5.10 Å². The molecule has 4 aromatic rings. The first-order valence-corrected chi connectivity index (χ1v) is 10.3. The van der Waals surface area contributed by atoms with E-state index in [1.807, 2.05) is 72.6 Å². The van der Waals surface area contributed by atoms with E-state index in [-0.39, 0.29) is 11.9 Å². The Morgan fingerprint density at radius 2 is 1.90 bits per heavy atom. The fraction of sp³-hybridized carbons (Fsp3) is 0.261. The van der Waals surface area contributed by atoms with Gasteiger partial charge in [-0.1, -0.05) is 58.4 Å². The van der Waals surface area contributed by atoms with Crippen molar-refractivity contribution in [2.45, 2.75) is 25.8 Å². The number of piperidine rings is 1. The molecule has 1 aliphatic rings. The summed E-state index contributed by atoms with van der Waals surface area (Å²) in [5.74, 6) is 0.889. The average Bonchev–Trinajstić information content (AvgIpc) is 3.50. The molecule has 8 nitrogen and oxygen atoms in total. The fourth-order valence-electron chi connectivity index (χ4n) is 3.82. The summed E-state index contributed by atoms with van der Waals surface area (Å²) in [5, 5.41) is 12.5. The molecule has 8 heteroatoms. The molecule has 1 atom stereocenters. The number of likely N-dealkylation sites (tertiary alicyclic amines) is 1. The van der Waals surface area contributed by atoms with Crippen LogP contribution in [0.2, 0.25) is 0 Å². The number of hydrogen-bond donors (Lipinski definition) is 0. The van der Waals surface area contributed by atoms with Crippen molar-refractivity contribution in [3.8, 4) is 23.0 Å². The second kappa shape index (κ2) is 8.14. The van der Waals surface area contributed by atoms with E-state index in [0.717, 1.165) is 30.5 Å². The highest BCUT2D eigenvalue weighted by molar-refractivity contribution is 5.94. The second-order valence-corrected chi connectivity index (χ2v) is 7.79. The van der Waals surface area contributed by atoms with Crippen molar-refractivity contribution in [2.75, 3.05) is 13.1 Å². The van der Waals surface area contributed by atoms with Gasteiger partial charge in [0.1, 0.15) is 0 Å². The highest BCUT2D eigenvalue weighted by Crippen LogP contribution is 2.25. The van der Waals surface area contributed by atoms with Crippen LogP contribution in [0.25, 0.3) is 23.0 Å². The van der Waals surface area contributed by atoms with Crippen LogP contribution in [0.4, 0.5) is 0 Å². The zero-order valence-electron chi connectivity index (χ0n) is 17.2. The van der Waals surface area contributed by atoms with E-state index in [2.05, 4.69) is 20.5 Å². The maximum absolute atomic E-state index is 12.9. The van der Waals surface area contributed by atoms with Gasteiger partial charge in [-0.05, 0) is 31.9 Å². The minimum absolute atomic E-state index is 0.0504. The molecule has 5 rings (SSSR count). The van der Waals surface area contributed by atoms with E-state index >= 15 is 0 Å². The molecular formula is C23H22N6O2. The Balaban J connectivity index is 1.31. The molecule has 31 heavy (non-hydrogen) atoms. The van der Waals surface area contributed by atoms with Crippen molar-refractivity contribution in [3.05, 3.63) is 71.9 Å². The molecule has 0 spiro atoms. The maximum atomic E-state index is 12.9. The number of rotatable bonds is 4. The Morgan fingerprint density at radius 3 is 2.71 bits per heavy atom. The van der Waals surface area contributed by atoms with Crippen LogP contribution in [-0.4, -0.2) is 49.0 Å². The van der Waals surface area contributed by atoms with Crippen LogP contribution < -0.4 is 0 Å². The van der Waals surface area contributed by atoms with E-state index in [0.29, 0.717) is 29.5 Å². The lowest BCUT2D eigenvalue weighted by atomic mass is 10.0. The van der Waals surface area contributed by atoms with E-state index in [4.69, 9.17) is 4.52 Å². The van der Waals surface area contributed by atoms with Crippen molar-refractivity contribution in [1.82, 2.24) is 30.0 Å². The molecule has 1 amide bonds. The number of benzene rings is 2. The summed E-state index contributed by atoms with van der Waals surface area (Å²) in [6.07, 6.45) is 3.66. The number of aryl methyl sites for hydroxylation is 1. The van der Waals surface area contributed by atoms with Gasteiger partial charge >= 0.3 is 0 Å². The van der Waals surface area contributed by atoms with Crippen molar-refractivity contribution in [3.63, 3.8) is 0 Å². The molecule has 2 aromatic carbocycles. The summed E-state index contributed by atoms with van der Waals surface area (Å²) in [4.78, 5) is 19.2. The van der Waals surface area contributed by atoms with Crippen molar-refractivity contribution >= 4 is 5.91 Å². The van der Waals surface area contributed by atoms with Gasteiger partial charge in [0.15, 0.2) is 5.69 Å². The molecule has 1 aliphatic heterocycles. The Hall–Kier alpha value is -3.81. The molecule has 1 unspecified atom stereocenters. The zero-order valence-corrected chi connectivity index (χ0v) is 17.2. The van der Waals surface area contributed by atoms with Crippen molar-refractivity contribution in [2.24, 2.45) is 0 Å². The first kappa shape index (κ1) is 19.2. The van der Waals surface area contributed by atoms with Crippen molar-refractivity contribution in [1.29, 1.82) is 0 Å². The number of carbonyl (C=O) groups is 1. The fourth-order valence-corrected chi connectivity index (χ4v) is 3.82. The van der Waals surface area contributed by atoms with E-state index in [1.54, 1.807) is 4.68 Å². The number of amides is 1. The van der Waals surface area contributed by atoms with Gasteiger partial charge in [0.05, 0.1) is 12.2 Å². The Bertz CT molecular complexity index is 1180. The third-order valence-corrected chi connectivity index (χ3v) is 5.54. The lowest BCUT2D eigenvalue weighted by Gasteiger charge is -2.32. The summed E-state index contributed by atoms with van der Waals surface area (Å²) < 4.78 is 7.19. The molecule has 3 heterocycles. The molecule has 2 aromatic heterocycles. The van der Waals surface area contributed by atoms with E-state index in [1.165, 1.54) is 0 Å². The topological polar surface area (TPSA) is 89.9 Å². The minimum Gasteiger partial charge on any atom is -0.337 e. The normalized spacial score (nSPS) is 16.4. The highest BCUT2D eigenvalue weighted by Gasteiger charge is 2.27. The van der Waals surface area contributed by atoms with Gasteiger partial charge < -0.3 is 9.42 Å². The number of hydrogen-bond acceptors (Lipinski definition) is 6. The lowest BCUT2D eigenvalue weighted by molar-refractivity contribution is 0.0672. The van der Waals surface area contributed by atoms with Gasteiger partial charge in [0.2, 0.25) is 5.82 Å². The monoisotopic (exact) mass is 414 g/mol. The van der Waals surface area contributed by atoms with E-state index < -0.39 is 0 Å². The lowest BCUT2D eigenvalue weighted by Crippen LogP contribution is -2.40. The molecular weight excluding hydrogens is 392 g/mol. The minimum atomic E-state index is 0.0504. The van der Waals surface area contributed by atoms with Crippen LogP contribution in [0, 0.1) is 6.92 Å². The number of nitrogens with zero attached hydrogens (tertiary/aromatic N) is 6. The van der Waals surface area contributed by atoms with Gasteiger partial charge in [-0.2, -0.15) is 4.98 Å². The van der Waals surface area contributed by atoms with Crippen molar-refractivity contribution < 1.29 is 9.32 Å². The molecule has 1 saturated heterocycles. The molecule has 0 N–H and O–H groups in total. The molecule has 0 aliphatic carbocycles. The first-order chi connectivity index (χ1) is 15.2. The Morgan fingerprint density at radius 1 is 1.10 bits per heavy atom. The van der Waals surface area contributed by atoms with Crippen LogP contribution in [0.5, 0.6) is 0 Å². The largest absolute Gasteiger partial charge is 0.337 e. The van der Waals surface area contributed by atoms with Crippen LogP contribution >= 0.6 is 0 Å². The van der Waals surface area contributed by atoms with Crippen LogP contribution in [-0.2, 0) is 0 Å². The van der Waals surface area contributed by atoms with Gasteiger partial charge in [-0.3, -0.25) is 4.79 Å². The third-order valence-electron chi connectivity index (χ3n) is 5.54. The molecule has 1 fully saturated rings. The third kappa shape index (κ3) is 3.96.